The van der Waals surface area contributed by atoms with Crippen LogP contribution in [-0.4, -0.2) is 24.3 Å². The maximum atomic E-state index is 9.37. The summed E-state index contributed by atoms with van der Waals surface area (Å²) in [7, 11) is 0. The van der Waals surface area contributed by atoms with Gasteiger partial charge < -0.3 is 10.4 Å². The van der Waals surface area contributed by atoms with Gasteiger partial charge in [-0.25, -0.2) is 0 Å². The summed E-state index contributed by atoms with van der Waals surface area (Å²) in [6.07, 6.45) is 7.67. The van der Waals surface area contributed by atoms with Gasteiger partial charge in [0.05, 0.1) is 6.10 Å². The van der Waals surface area contributed by atoms with E-state index in [2.05, 4.69) is 12.2 Å². The van der Waals surface area contributed by atoms with Crippen molar-refractivity contribution >= 4 is 0 Å². The van der Waals surface area contributed by atoms with Crippen molar-refractivity contribution in [3.63, 3.8) is 0 Å². The zero-order valence-corrected chi connectivity index (χ0v) is 10.3. The highest BCUT2D eigenvalue weighted by molar-refractivity contribution is 4.71. The first-order chi connectivity index (χ1) is 7.22. The van der Waals surface area contributed by atoms with Crippen LogP contribution >= 0.6 is 0 Å². The molecule has 2 N–H and O–H groups in total. The van der Waals surface area contributed by atoms with Gasteiger partial charge in [-0.05, 0) is 37.6 Å². The second-order valence-electron chi connectivity index (χ2n) is 5.19. The van der Waals surface area contributed by atoms with E-state index >= 15 is 0 Å². The van der Waals surface area contributed by atoms with Gasteiger partial charge in [0.1, 0.15) is 0 Å². The Balaban J connectivity index is 1.99. The fourth-order valence-corrected chi connectivity index (χ4v) is 2.54. The van der Waals surface area contributed by atoms with Gasteiger partial charge in [0.25, 0.3) is 0 Å². The summed E-state index contributed by atoms with van der Waals surface area (Å²) < 4.78 is 0. The summed E-state index contributed by atoms with van der Waals surface area (Å²) in [6, 6.07) is 0. The number of rotatable bonds is 6. The van der Waals surface area contributed by atoms with Gasteiger partial charge in [0.15, 0.2) is 0 Å². The lowest BCUT2D eigenvalue weighted by Crippen LogP contribution is -2.28. The highest BCUT2D eigenvalue weighted by atomic mass is 16.3. The second-order valence-corrected chi connectivity index (χ2v) is 5.19. The predicted molar refractivity (Wildman–Crippen MR) is 64.9 cm³/mol. The van der Waals surface area contributed by atoms with Gasteiger partial charge in [-0.3, -0.25) is 0 Å². The van der Waals surface area contributed by atoms with Gasteiger partial charge in [-0.15, -0.1) is 0 Å². The van der Waals surface area contributed by atoms with Crippen LogP contribution in [0.15, 0.2) is 0 Å². The molecule has 1 aliphatic carbocycles. The number of nitrogens with one attached hydrogen (secondary N) is 1. The van der Waals surface area contributed by atoms with Crippen LogP contribution in [0.5, 0.6) is 0 Å². The van der Waals surface area contributed by atoms with E-state index in [0.29, 0.717) is 0 Å². The minimum atomic E-state index is -0.157. The van der Waals surface area contributed by atoms with Crippen LogP contribution < -0.4 is 5.32 Å². The molecule has 90 valence electrons. The van der Waals surface area contributed by atoms with Crippen LogP contribution in [0.3, 0.4) is 0 Å². The summed E-state index contributed by atoms with van der Waals surface area (Å²) >= 11 is 0. The third-order valence-electron chi connectivity index (χ3n) is 3.63. The Labute approximate surface area is 94.5 Å². The lowest BCUT2D eigenvalue weighted by Gasteiger charge is -2.26. The van der Waals surface area contributed by atoms with Crippen molar-refractivity contribution < 1.29 is 5.11 Å². The lowest BCUT2D eigenvalue weighted by molar-refractivity contribution is 0.165. The van der Waals surface area contributed by atoms with Crippen LogP contribution in [0.25, 0.3) is 0 Å². The lowest BCUT2D eigenvalue weighted by atomic mass is 9.81. The molecule has 0 aromatic carbocycles. The van der Waals surface area contributed by atoms with Crippen LogP contribution in [0, 0.1) is 11.8 Å². The Kier molecular flexibility index (Phi) is 6.26. The number of aliphatic hydroxyl groups is 1. The first-order valence-corrected chi connectivity index (χ1v) is 6.61. The average Bonchev–Trinajstić information content (AvgIpc) is 2.24. The van der Waals surface area contributed by atoms with E-state index in [0.717, 1.165) is 31.3 Å². The van der Waals surface area contributed by atoms with E-state index in [1.807, 2.05) is 6.92 Å². The quantitative estimate of drug-likeness (QED) is 0.665. The molecule has 3 atom stereocenters. The van der Waals surface area contributed by atoms with Crippen molar-refractivity contribution in [2.45, 2.75) is 58.5 Å². The van der Waals surface area contributed by atoms with Gasteiger partial charge in [0.2, 0.25) is 0 Å². The second kappa shape index (κ2) is 7.24. The van der Waals surface area contributed by atoms with Crippen LogP contribution in [0.4, 0.5) is 0 Å². The van der Waals surface area contributed by atoms with Crippen molar-refractivity contribution in [2.24, 2.45) is 11.8 Å². The molecule has 15 heavy (non-hydrogen) atoms. The molecule has 0 heterocycles. The fourth-order valence-electron chi connectivity index (χ4n) is 2.54. The fraction of sp³-hybridized carbons (Fsp3) is 1.00. The molecule has 1 aliphatic rings. The van der Waals surface area contributed by atoms with Gasteiger partial charge in [0, 0.05) is 6.54 Å². The molecule has 1 rings (SSSR count). The predicted octanol–water partition coefficient (Wildman–Crippen LogP) is 2.56. The summed E-state index contributed by atoms with van der Waals surface area (Å²) in [5.74, 6) is 1.87. The first kappa shape index (κ1) is 13.0. The topological polar surface area (TPSA) is 32.3 Å². The molecule has 1 saturated carbocycles. The maximum absolute atomic E-state index is 9.37. The Morgan fingerprint density at radius 2 is 2.20 bits per heavy atom. The van der Waals surface area contributed by atoms with Gasteiger partial charge >= 0.3 is 0 Å². The van der Waals surface area contributed by atoms with E-state index in [9.17, 15) is 5.11 Å². The van der Waals surface area contributed by atoms with Gasteiger partial charge in [-0.1, -0.05) is 33.1 Å². The zero-order chi connectivity index (χ0) is 11.1. The Bertz CT molecular complexity index is 161. The highest BCUT2D eigenvalue weighted by Crippen LogP contribution is 2.30. The highest BCUT2D eigenvalue weighted by Gasteiger charge is 2.18. The van der Waals surface area contributed by atoms with E-state index in [4.69, 9.17) is 0 Å². The average molecular weight is 213 g/mol. The first-order valence-electron chi connectivity index (χ1n) is 6.61. The zero-order valence-electron chi connectivity index (χ0n) is 10.3. The summed E-state index contributed by atoms with van der Waals surface area (Å²) in [6.45, 7) is 6.24. The molecule has 3 unspecified atom stereocenters. The summed E-state index contributed by atoms with van der Waals surface area (Å²) in [5.41, 5.74) is 0. The Morgan fingerprint density at radius 3 is 2.87 bits per heavy atom. The Morgan fingerprint density at radius 1 is 1.40 bits per heavy atom. The van der Waals surface area contributed by atoms with Crippen LogP contribution in [-0.2, 0) is 0 Å². The van der Waals surface area contributed by atoms with E-state index < -0.39 is 0 Å². The van der Waals surface area contributed by atoms with E-state index in [1.54, 1.807) is 0 Å². The van der Waals surface area contributed by atoms with E-state index in [-0.39, 0.29) is 6.10 Å². The molecule has 0 radical (unpaired) electrons. The van der Waals surface area contributed by atoms with Gasteiger partial charge in [-0.2, -0.15) is 0 Å². The molecule has 0 amide bonds. The largest absolute Gasteiger partial charge is 0.392 e. The van der Waals surface area contributed by atoms with Crippen molar-refractivity contribution in [1.29, 1.82) is 0 Å². The molecule has 0 saturated heterocycles. The van der Waals surface area contributed by atoms with Crippen LogP contribution in [0.2, 0.25) is 0 Å². The van der Waals surface area contributed by atoms with Crippen LogP contribution in [0.1, 0.15) is 52.4 Å². The smallest absolute Gasteiger partial charge is 0.0662 e. The minimum Gasteiger partial charge on any atom is -0.392 e. The normalized spacial score (nSPS) is 29.0. The third kappa shape index (κ3) is 5.53. The Hall–Kier alpha value is -0.0800. The molecule has 0 spiro atoms. The molecule has 0 aromatic heterocycles. The van der Waals surface area contributed by atoms with Crippen molar-refractivity contribution in [3.05, 3.63) is 0 Å². The molecule has 0 aromatic rings. The molecular formula is C13H27NO. The van der Waals surface area contributed by atoms with Crippen molar-refractivity contribution in [3.8, 4) is 0 Å². The third-order valence-corrected chi connectivity index (χ3v) is 3.63. The molecule has 1 fully saturated rings. The van der Waals surface area contributed by atoms with Crippen molar-refractivity contribution in [2.75, 3.05) is 13.1 Å². The maximum Gasteiger partial charge on any atom is 0.0662 e. The summed E-state index contributed by atoms with van der Waals surface area (Å²) in [5, 5.41) is 12.7. The molecule has 0 aliphatic heterocycles. The van der Waals surface area contributed by atoms with E-state index in [1.165, 1.54) is 32.1 Å². The van der Waals surface area contributed by atoms with Crippen molar-refractivity contribution in [1.82, 2.24) is 5.32 Å². The molecular weight excluding hydrogens is 186 g/mol. The molecule has 2 heteroatoms. The number of aliphatic hydroxyl groups excluding tert-OH is 1. The SMILES string of the molecule is CCC(O)CNCCC1CCCC(C)C1. The number of hydrogen-bond acceptors (Lipinski definition) is 2. The molecule has 0 bridgehead atoms. The monoisotopic (exact) mass is 213 g/mol. The molecule has 2 nitrogen and oxygen atoms in total. The standard InChI is InChI=1S/C13H27NO/c1-3-13(15)10-14-8-7-12-6-4-5-11(2)9-12/h11-15H,3-10H2,1-2H3. The minimum absolute atomic E-state index is 0.157. The number of hydrogen-bond donors (Lipinski definition) is 2. The summed E-state index contributed by atoms with van der Waals surface area (Å²) in [4.78, 5) is 0.